The van der Waals surface area contributed by atoms with Gasteiger partial charge in [-0.15, -0.1) is 0 Å². The highest BCUT2D eigenvalue weighted by atomic mass is 79.9. The van der Waals surface area contributed by atoms with Crippen molar-refractivity contribution < 1.29 is 5.11 Å². The predicted octanol–water partition coefficient (Wildman–Crippen LogP) is 2.47. The quantitative estimate of drug-likeness (QED) is 0.929. The van der Waals surface area contributed by atoms with E-state index in [1.54, 1.807) is 0 Å². The van der Waals surface area contributed by atoms with Crippen molar-refractivity contribution in [2.75, 3.05) is 32.1 Å². The van der Waals surface area contributed by atoms with Crippen LogP contribution >= 0.6 is 15.9 Å². The first-order valence-corrected chi connectivity index (χ1v) is 7.21. The molecule has 1 aromatic rings. The molecule has 1 aliphatic heterocycles. The van der Waals surface area contributed by atoms with E-state index in [0.717, 1.165) is 10.0 Å². The normalized spacial score (nSPS) is 18.0. The molecule has 18 heavy (non-hydrogen) atoms. The Morgan fingerprint density at radius 1 is 1.39 bits per heavy atom. The van der Waals surface area contributed by atoms with E-state index in [9.17, 15) is 5.11 Å². The third-order valence-corrected chi connectivity index (χ3v) is 4.59. The monoisotopic (exact) mass is 312 g/mol. The van der Waals surface area contributed by atoms with E-state index in [1.807, 2.05) is 6.07 Å². The molecule has 1 heterocycles. The van der Waals surface area contributed by atoms with E-state index >= 15 is 0 Å². The lowest BCUT2D eigenvalue weighted by Gasteiger charge is -2.36. The lowest BCUT2D eigenvalue weighted by Crippen LogP contribution is -2.42. The largest absolute Gasteiger partial charge is 0.392 e. The Balaban J connectivity index is 2.08. The van der Waals surface area contributed by atoms with Gasteiger partial charge in [0.1, 0.15) is 0 Å². The van der Waals surface area contributed by atoms with Gasteiger partial charge in [-0.3, -0.25) is 0 Å². The van der Waals surface area contributed by atoms with Crippen LogP contribution in [0.1, 0.15) is 18.4 Å². The highest BCUT2D eigenvalue weighted by molar-refractivity contribution is 9.10. The van der Waals surface area contributed by atoms with E-state index in [0.29, 0.717) is 6.04 Å². The molecule has 0 bridgehead atoms. The summed E-state index contributed by atoms with van der Waals surface area (Å²) in [7, 11) is 4.35. The fourth-order valence-corrected chi connectivity index (χ4v) is 2.97. The molecule has 1 aliphatic rings. The van der Waals surface area contributed by atoms with Gasteiger partial charge in [0.25, 0.3) is 0 Å². The Morgan fingerprint density at radius 2 is 2.06 bits per heavy atom. The summed E-state index contributed by atoms with van der Waals surface area (Å²) in [5.41, 5.74) is 2.16. The first-order chi connectivity index (χ1) is 8.61. The van der Waals surface area contributed by atoms with Crippen molar-refractivity contribution >= 4 is 21.6 Å². The van der Waals surface area contributed by atoms with E-state index in [4.69, 9.17) is 0 Å². The highest BCUT2D eigenvalue weighted by Crippen LogP contribution is 2.27. The number of benzene rings is 1. The summed E-state index contributed by atoms with van der Waals surface area (Å²) in [5, 5.41) is 9.18. The molecule has 0 aliphatic carbocycles. The van der Waals surface area contributed by atoms with Crippen LogP contribution in [-0.4, -0.2) is 43.2 Å². The maximum Gasteiger partial charge on any atom is 0.0692 e. The van der Waals surface area contributed by atoms with E-state index in [1.165, 1.54) is 31.6 Å². The van der Waals surface area contributed by atoms with Crippen molar-refractivity contribution in [1.82, 2.24) is 4.90 Å². The fraction of sp³-hybridized carbons (Fsp3) is 0.571. The lowest BCUT2D eigenvalue weighted by molar-refractivity contribution is 0.253. The maximum atomic E-state index is 9.18. The third-order valence-electron chi connectivity index (χ3n) is 3.85. The molecule has 2 rings (SSSR count). The lowest BCUT2D eigenvalue weighted by atomic mass is 10.0. The maximum absolute atomic E-state index is 9.18. The molecular formula is C14H21BrN2O. The zero-order valence-corrected chi connectivity index (χ0v) is 12.7. The van der Waals surface area contributed by atoms with Crippen molar-refractivity contribution in [2.24, 2.45) is 0 Å². The Kier molecular flexibility index (Phi) is 4.65. The average Bonchev–Trinajstić information content (AvgIpc) is 2.38. The van der Waals surface area contributed by atoms with Gasteiger partial charge in [-0.25, -0.2) is 0 Å². The fourth-order valence-electron chi connectivity index (χ4n) is 2.48. The number of nitrogens with zero attached hydrogens (tertiary/aromatic N) is 2. The van der Waals surface area contributed by atoms with Gasteiger partial charge in [0.15, 0.2) is 0 Å². The second-order valence-electron chi connectivity index (χ2n) is 5.08. The Morgan fingerprint density at radius 3 is 2.61 bits per heavy atom. The summed E-state index contributed by atoms with van der Waals surface area (Å²) >= 11 is 3.51. The third kappa shape index (κ3) is 3.05. The second kappa shape index (κ2) is 6.04. The molecule has 3 nitrogen and oxygen atoms in total. The van der Waals surface area contributed by atoms with Gasteiger partial charge in [-0.05, 0) is 50.7 Å². The number of hydrogen-bond acceptors (Lipinski definition) is 3. The van der Waals surface area contributed by atoms with Gasteiger partial charge in [-0.1, -0.05) is 22.0 Å². The van der Waals surface area contributed by atoms with Crippen LogP contribution in [-0.2, 0) is 6.61 Å². The Hall–Kier alpha value is -0.580. The molecule has 1 aromatic carbocycles. The van der Waals surface area contributed by atoms with Gasteiger partial charge in [0.2, 0.25) is 0 Å². The smallest absolute Gasteiger partial charge is 0.0692 e. The van der Waals surface area contributed by atoms with Crippen LogP contribution in [0.2, 0.25) is 0 Å². The Bertz CT molecular complexity index is 403. The minimum Gasteiger partial charge on any atom is -0.392 e. The van der Waals surface area contributed by atoms with Gasteiger partial charge >= 0.3 is 0 Å². The zero-order chi connectivity index (χ0) is 13.1. The van der Waals surface area contributed by atoms with E-state index in [2.05, 4.69) is 52.0 Å². The zero-order valence-electron chi connectivity index (χ0n) is 11.1. The molecule has 1 saturated heterocycles. The molecule has 4 heteroatoms. The number of rotatable bonds is 3. The van der Waals surface area contributed by atoms with Crippen LogP contribution in [0.25, 0.3) is 0 Å². The topological polar surface area (TPSA) is 26.7 Å². The van der Waals surface area contributed by atoms with Crippen molar-refractivity contribution in [2.45, 2.75) is 25.5 Å². The minimum absolute atomic E-state index is 0.0821. The first-order valence-electron chi connectivity index (χ1n) is 6.42. The molecule has 0 saturated carbocycles. The van der Waals surface area contributed by atoms with Crippen LogP contribution in [0.4, 0.5) is 5.69 Å². The molecule has 0 unspecified atom stereocenters. The van der Waals surface area contributed by atoms with Crippen LogP contribution in [0.3, 0.4) is 0 Å². The second-order valence-corrected chi connectivity index (χ2v) is 5.93. The van der Waals surface area contributed by atoms with Gasteiger partial charge < -0.3 is 14.9 Å². The van der Waals surface area contributed by atoms with Gasteiger partial charge in [-0.2, -0.15) is 0 Å². The molecule has 1 N–H and O–H groups in total. The number of aliphatic hydroxyl groups excluding tert-OH is 1. The molecule has 0 atom stereocenters. The van der Waals surface area contributed by atoms with Crippen molar-refractivity contribution in [3.8, 4) is 0 Å². The summed E-state index contributed by atoms with van der Waals surface area (Å²) in [6.45, 7) is 2.43. The summed E-state index contributed by atoms with van der Waals surface area (Å²) in [4.78, 5) is 4.74. The van der Waals surface area contributed by atoms with Crippen LogP contribution < -0.4 is 4.90 Å². The van der Waals surface area contributed by atoms with Crippen molar-refractivity contribution in [3.05, 3.63) is 28.2 Å². The van der Waals surface area contributed by atoms with Gasteiger partial charge in [0.05, 0.1) is 6.61 Å². The van der Waals surface area contributed by atoms with E-state index < -0.39 is 0 Å². The minimum atomic E-state index is 0.0821. The summed E-state index contributed by atoms with van der Waals surface area (Å²) in [6.07, 6.45) is 2.43. The standard InChI is InChI=1S/C14H21BrN2O/c1-16-7-5-12(6-8-16)17(2)13-4-3-11(10-18)14(15)9-13/h3-4,9,12,18H,5-8,10H2,1-2H3. The van der Waals surface area contributed by atoms with Crippen molar-refractivity contribution in [3.63, 3.8) is 0 Å². The summed E-state index contributed by atoms with van der Waals surface area (Å²) in [5.74, 6) is 0. The molecule has 0 aromatic heterocycles. The number of halogens is 1. The van der Waals surface area contributed by atoms with Gasteiger partial charge in [0, 0.05) is 23.2 Å². The number of anilines is 1. The molecule has 0 spiro atoms. The molecule has 0 amide bonds. The molecule has 0 radical (unpaired) electrons. The Labute approximate surface area is 118 Å². The van der Waals surface area contributed by atoms with Crippen LogP contribution in [0.15, 0.2) is 22.7 Å². The molecule has 1 fully saturated rings. The highest BCUT2D eigenvalue weighted by Gasteiger charge is 2.21. The number of aliphatic hydroxyl groups is 1. The number of hydrogen-bond donors (Lipinski definition) is 1. The summed E-state index contributed by atoms with van der Waals surface area (Å²) in [6, 6.07) is 6.80. The molecular weight excluding hydrogens is 292 g/mol. The average molecular weight is 313 g/mol. The van der Waals surface area contributed by atoms with E-state index in [-0.39, 0.29) is 6.61 Å². The summed E-state index contributed by atoms with van der Waals surface area (Å²) < 4.78 is 0.988. The predicted molar refractivity (Wildman–Crippen MR) is 79.0 cm³/mol. The first kappa shape index (κ1) is 13.8. The number of likely N-dealkylation sites (tertiary alicyclic amines) is 1. The molecule has 100 valence electrons. The van der Waals surface area contributed by atoms with Crippen molar-refractivity contribution in [1.29, 1.82) is 0 Å². The SMILES string of the molecule is CN1CCC(N(C)c2ccc(CO)c(Br)c2)CC1. The van der Waals surface area contributed by atoms with Crippen LogP contribution in [0, 0.1) is 0 Å². The van der Waals surface area contributed by atoms with Crippen LogP contribution in [0.5, 0.6) is 0 Å². The number of piperidine rings is 1.